The van der Waals surface area contributed by atoms with Crippen LogP contribution in [0, 0.1) is 48.5 Å². The molecular weight excluding hydrogens is 333 g/mol. The summed E-state index contributed by atoms with van der Waals surface area (Å²) in [7, 11) is 0. The lowest BCUT2D eigenvalue weighted by molar-refractivity contribution is -0.117. The molecule has 2 aromatic carbocycles. The van der Waals surface area contributed by atoms with Gasteiger partial charge in [0.2, 0.25) is 5.91 Å². The molecular formula is C18H13F3N2O2. The number of carbonyl (C=O) groups excluding carboxylic acids is 2. The highest BCUT2D eigenvalue weighted by Crippen LogP contribution is 2.20. The zero-order valence-electron chi connectivity index (χ0n) is 13.4. The summed E-state index contributed by atoms with van der Waals surface area (Å²) in [6, 6.07) is 7.64. The van der Waals surface area contributed by atoms with Crippen LogP contribution in [0.5, 0.6) is 0 Å². The maximum atomic E-state index is 13.3. The highest BCUT2D eigenvalue weighted by Gasteiger charge is 2.29. The first-order valence-corrected chi connectivity index (χ1v) is 7.21. The molecule has 0 bridgehead atoms. The quantitative estimate of drug-likeness (QED) is 0.521. The van der Waals surface area contributed by atoms with Gasteiger partial charge in [0.05, 0.1) is 6.07 Å². The van der Waals surface area contributed by atoms with Crippen molar-refractivity contribution in [2.75, 3.05) is 5.32 Å². The first kappa shape index (κ1) is 18.2. The summed E-state index contributed by atoms with van der Waals surface area (Å²) in [5, 5.41) is 11.6. The lowest BCUT2D eigenvalue weighted by Crippen LogP contribution is -2.29. The second kappa shape index (κ2) is 7.18. The van der Waals surface area contributed by atoms with Crippen molar-refractivity contribution in [3.05, 3.63) is 64.5 Å². The van der Waals surface area contributed by atoms with E-state index in [-0.39, 0.29) is 0 Å². The Morgan fingerprint density at radius 1 is 1.08 bits per heavy atom. The van der Waals surface area contributed by atoms with Crippen LogP contribution < -0.4 is 5.32 Å². The SMILES string of the molecule is Cc1ccc(C)c(NC(=O)[C@H](C#N)C(=O)c2cc(F)c(F)c(F)c2)c1. The van der Waals surface area contributed by atoms with E-state index in [0.29, 0.717) is 23.4 Å². The number of hydrogen-bond acceptors (Lipinski definition) is 3. The molecule has 4 nitrogen and oxygen atoms in total. The standard InChI is InChI=1S/C18H13F3N2O2/c1-9-3-4-10(2)15(5-9)23-18(25)12(8-22)17(24)11-6-13(19)16(21)14(20)7-11/h3-7,12H,1-2H3,(H,23,25)/t12-/m1/s1. The molecule has 0 aliphatic rings. The second-order valence-electron chi connectivity index (χ2n) is 5.49. The summed E-state index contributed by atoms with van der Waals surface area (Å²) < 4.78 is 39.5. The van der Waals surface area contributed by atoms with Crippen molar-refractivity contribution >= 4 is 17.4 Å². The summed E-state index contributed by atoms with van der Waals surface area (Å²) in [6.45, 7) is 3.52. The topological polar surface area (TPSA) is 70.0 Å². The zero-order valence-corrected chi connectivity index (χ0v) is 13.4. The average Bonchev–Trinajstić information content (AvgIpc) is 2.56. The van der Waals surface area contributed by atoms with Gasteiger partial charge in [0.1, 0.15) is 0 Å². The molecule has 128 valence electrons. The average molecular weight is 346 g/mol. The molecule has 7 heteroatoms. The van der Waals surface area contributed by atoms with Crippen LogP contribution in [-0.2, 0) is 4.79 Å². The number of hydrogen-bond donors (Lipinski definition) is 1. The molecule has 2 aromatic rings. The third-order valence-corrected chi connectivity index (χ3v) is 3.57. The highest BCUT2D eigenvalue weighted by molar-refractivity contribution is 6.15. The van der Waals surface area contributed by atoms with Gasteiger partial charge in [-0.05, 0) is 43.2 Å². The summed E-state index contributed by atoms with van der Waals surface area (Å²) in [5.41, 5.74) is 1.37. The van der Waals surface area contributed by atoms with Crippen LogP contribution in [0.2, 0.25) is 0 Å². The van der Waals surface area contributed by atoms with Crippen molar-refractivity contribution in [1.29, 1.82) is 5.26 Å². The van der Waals surface area contributed by atoms with Gasteiger partial charge >= 0.3 is 0 Å². The largest absolute Gasteiger partial charge is 0.324 e. The molecule has 25 heavy (non-hydrogen) atoms. The Kier molecular flexibility index (Phi) is 5.22. The molecule has 0 aliphatic carbocycles. The van der Waals surface area contributed by atoms with Crippen LogP contribution >= 0.6 is 0 Å². The van der Waals surface area contributed by atoms with Crippen molar-refractivity contribution in [3.8, 4) is 6.07 Å². The third kappa shape index (κ3) is 3.86. The Morgan fingerprint density at radius 2 is 1.68 bits per heavy atom. The number of carbonyl (C=O) groups is 2. The minimum Gasteiger partial charge on any atom is -0.324 e. The van der Waals surface area contributed by atoms with E-state index in [4.69, 9.17) is 5.26 Å². The number of rotatable bonds is 4. The number of amides is 1. The monoisotopic (exact) mass is 346 g/mol. The van der Waals surface area contributed by atoms with E-state index < -0.39 is 40.6 Å². The predicted molar refractivity (Wildman–Crippen MR) is 84.3 cm³/mol. The molecule has 0 saturated carbocycles. The fourth-order valence-corrected chi connectivity index (χ4v) is 2.18. The molecule has 1 atom stereocenters. The minimum atomic E-state index is -1.83. The molecule has 2 rings (SSSR count). The van der Waals surface area contributed by atoms with E-state index in [1.54, 1.807) is 26.0 Å². The number of nitriles is 1. The normalized spacial score (nSPS) is 11.5. The van der Waals surface area contributed by atoms with Crippen molar-refractivity contribution in [1.82, 2.24) is 0 Å². The fraction of sp³-hybridized carbons (Fsp3) is 0.167. The van der Waals surface area contributed by atoms with Crippen LogP contribution in [0.3, 0.4) is 0 Å². The number of aryl methyl sites for hydroxylation is 2. The highest BCUT2D eigenvalue weighted by atomic mass is 19.2. The number of Topliss-reactive ketones (excluding diaryl/α,β-unsaturated/α-hetero) is 1. The van der Waals surface area contributed by atoms with E-state index in [1.807, 2.05) is 6.07 Å². The molecule has 0 unspecified atom stereocenters. The third-order valence-electron chi connectivity index (χ3n) is 3.57. The number of nitrogens with one attached hydrogen (secondary N) is 1. The molecule has 1 amide bonds. The van der Waals surface area contributed by atoms with Gasteiger partial charge in [-0.1, -0.05) is 12.1 Å². The fourth-order valence-electron chi connectivity index (χ4n) is 2.18. The van der Waals surface area contributed by atoms with Crippen LogP contribution in [0.4, 0.5) is 18.9 Å². The number of benzene rings is 2. The summed E-state index contributed by atoms with van der Waals surface area (Å²) in [6.07, 6.45) is 0. The summed E-state index contributed by atoms with van der Waals surface area (Å²) in [4.78, 5) is 24.5. The van der Waals surface area contributed by atoms with E-state index in [2.05, 4.69) is 5.32 Å². The Labute approximate surface area is 141 Å². The van der Waals surface area contributed by atoms with E-state index in [1.165, 1.54) is 6.07 Å². The molecule has 0 spiro atoms. The summed E-state index contributed by atoms with van der Waals surface area (Å²) in [5.74, 6) is -8.77. The van der Waals surface area contributed by atoms with Gasteiger partial charge in [-0.2, -0.15) is 5.26 Å². The van der Waals surface area contributed by atoms with Crippen molar-refractivity contribution in [2.45, 2.75) is 13.8 Å². The Balaban J connectivity index is 2.30. The lowest BCUT2D eigenvalue weighted by atomic mass is 9.97. The first-order valence-electron chi connectivity index (χ1n) is 7.21. The van der Waals surface area contributed by atoms with Crippen molar-refractivity contribution in [3.63, 3.8) is 0 Å². The molecule has 1 N–H and O–H groups in total. The predicted octanol–water partition coefficient (Wildman–Crippen LogP) is 3.68. The van der Waals surface area contributed by atoms with Gasteiger partial charge in [-0.25, -0.2) is 13.2 Å². The van der Waals surface area contributed by atoms with E-state index >= 15 is 0 Å². The Morgan fingerprint density at radius 3 is 2.24 bits per heavy atom. The van der Waals surface area contributed by atoms with Crippen molar-refractivity contribution < 1.29 is 22.8 Å². The second-order valence-corrected chi connectivity index (χ2v) is 5.49. The Bertz CT molecular complexity index is 881. The number of halogens is 3. The van der Waals surface area contributed by atoms with Gasteiger partial charge in [0.25, 0.3) is 0 Å². The zero-order chi connectivity index (χ0) is 18.7. The van der Waals surface area contributed by atoms with Crippen molar-refractivity contribution in [2.24, 2.45) is 5.92 Å². The lowest BCUT2D eigenvalue weighted by Gasteiger charge is -2.12. The van der Waals surface area contributed by atoms with Crippen LogP contribution in [0.15, 0.2) is 30.3 Å². The van der Waals surface area contributed by atoms with E-state index in [9.17, 15) is 22.8 Å². The molecule has 0 aromatic heterocycles. The minimum absolute atomic E-state index is 0.412. The first-order chi connectivity index (χ1) is 11.7. The Hall–Kier alpha value is -3.14. The maximum Gasteiger partial charge on any atom is 0.249 e. The van der Waals surface area contributed by atoms with Gasteiger partial charge < -0.3 is 5.32 Å². The molecule has 0 heterocycles. The molecule has 0 fully saturated rings. The smallest absolute Gasteiger partial charge is 0.249 e. The number of nitrogens with zero attached hydrogens (tertiary/aromatic N) is 1. The van der Waals surface area contributed by atoms with Crippen LogP contribution in [0.1, 0.15) is 21.5 Å². The van der Waals surface area contributed by atoms with E-state index in [0.717, 1.165) is 5.56 Å². The number of ketones is 1. The number of anilines is 1. The molecule has 0 radical (unpaired) electrons. The van der Waals surface area contributed by atoms with Gasteiger partial charge in [-0.15, -0.1) is 0 Å². The van der Waals surface area contributed by atoms with Crippen LogP contribution in [0.25, 0.3) is 0 Å². The summed E-state index contributed by atoms with van der Waals surface area (Å²) >= 11 is 0. The van der Waals surface area contributed by atoms with Gasteiger partial charge in [-0.3, -0.25) is 9.59 Å². The molecule has 0 aliphatic heterocycles. The van der Waals surface area contributed by atoms with Crippen LogP contribution in [-0.4, -0.2) is 11.7 Å². The molecule has 0 saturated heterocycles. The van der Waals surface area contributed by atoms with Gasteiger partial charge in [0, 0.05) is 11.3 Å². The maximum absolute atomic E-state index is 13.3. The van der Waals surface area contributed by atoms with Gasteiger partial charge in [0.15, 0.2) is 29.2 Å².